The minimum atomic E-state index is 0.0954. The van der Waals surface area contributed by atoms with Crippen LogP contribution in [0.2, 0.25) is 0 Å². The topological polar surface area (TPSA) is 59.8 Å². The van der Waals surface area contributed by atoms with Crippen molar-refractivity contribution in [2.75, 3.05) is 5.75 Å². The first kappa shape index (κ1) is 22.8. The largest absolute Gasteiger partial charge is 0.352 e. The zero-order valence-electron chi connectivity index (χ0n) is 18.8. The maximum Gasteiger partial charge on any atom is 0.220 e. The van der Waals surface area contributed by atoms with Gasteiger partial charge in [0, 0.05) is 30.0 Å². The maximum absolute atomic E-state index is 12.1. The molecule has 5 nitrogen and oxygen atoms in total. The molecule has 0 unspecified atom stereocenters. The van der Waals surface area contributed by atoms with Crippen LogP contribution in [-0.2, 0) is 11.3 Å². The summed E-state index contributed by atoms with van der Waals surface area (Å²) in [5.41, 5.74) is 4.42. The molecule has 4 aromatic rings. The number of hydrogen-bond donors (Lipinski definition) is 1. The van der Waals surface area contributed by atoms with Gasteiger partial charge >= 0.3 is 0 Å². The molecule has 0 saturated heterocycles. The molecule has 1 aromatic heterocycles. The number of hydrogen-bond acceptors (Lipinski definition) is 4. The third-order valence-electron chi connectivity index (χ3n) is 5.32. The van der Waals surface area contributed by atoms with Crippen molar-refractivity contribution in [1.82, 2.24) is 20.1 Å². The van der Waals surface area contributed by atoms with Gasteiger partial charge in [-0.25, -0.2) is 0 Å². The van der Waals surface area contributed by atoms with E-state index in [-0.39, 0.29) is 5.91 Å². The third-order valence-corrected chi connectivity index (χ3v) is 6.33. The van der Waals surface area contributed by atoms with Crippen LogP contribution in [-0.4, -0.2) is 26.4 Å². The lowest BCUT2D eigenvalue weighted by atomic mass is 10.2. The highest BCUT2D eigenvalue weighted by Crippen LogP contribution is 2.28. The lowest BCUT2D eigenvalue weighted by Crippen LogP contribution is -2.22. The molecule has 0 bridgehead atoms. The van der Waals surface area contributed by atoms with Crippen LogP contribution in [0.3, 0.4) is 0 Å². The van der Waals surface area contributed by atoms with E-state index < -0.39 is 0 Å². The van der Waals surface area contributed by atoms with Gasteiger partial charge in [0.2, 0.25) is 5.91 Å². The smallest absolute Gasteiger partial charge is 0.220 e. The second-order valence-electron chi connectivity index (χ2n) is 7.91. The van der Waals surface area contributed by atoms with Crippen molar-refractivity contribution in [3.8, 4) is 17.1 Å². The Morgan fingerprint density at radius 2 is 1.58 bits per heavy atom. The summed E-state index contributed by atoms with van der Waals surface area (Å²) in [4.78, 5) is 12.1. The summed E-state index contributed by atoms with van der Waals surface area (Å²) in [6.07, 6.45) is 2.32. The zero-order valence-corrected chi connectivity index (χ0v) is 19.6. The zero-order chi connectivity index (χ0) is 22.9. The molecule has 33 heavy (non-hydrogen) atoms. The third kappa shape index (κ3) is 6.33. The number of unbranched alkanes of at least 4 members (excludes halogenated alkanes) is 1. The molecule has 0 fully saturated rings. The van der Waals surface area contributed by atoms with E-state index in [4.69, 9.17) is 0 Å². The van der Waals surface area contributed by atoms with E-state index >= 15 is 0 Å². The first-order valence-corrected chi connectivity index (χ1v) is 12.2. The predicted molar refractivity (Wildman–Crippen MR) is 134 cm³/mol. The highest BCUT2D eigenvalue weighted by molar-refractivity contribution is 7.99. The number of benzene rings is 3. The molecular formula is C27H28N4OS. The molecule has 1 amide bonds. The van der Waals surface area contributed by atoms with Gasteiger partial charge < -0.3 is 5.32 Å². The number of aryl methyl sites for hydroxylation is 1. The van der Waals surface area contributed by atoms with Crippen molar-refractivity contribution in [2.45, 2.75) is 37.9 Å². The molecule has 168 valence electrons. The first-order chi connectivity index (χ1) is 16.2. The average molecular weight is 457 g/mol. The minimum absolute atomic E-state index is 0.0954. The molecule has 0 saturated carbocycles. The Morgan fingerprint density at radius 3 is 2.30 bits per heavy atom. The summed E-state index contributed by atoms with van der Waals surface area (Å²) in [7, 11) is 0. The minimum Gasteiger partial charge on any atom is -0.352 e. The van der Waals surface area contributed by atoms with Crippen molar-refractivity contribution in [3.63, 3.8) is 0 Å². The fourth-order valence-corrected chi connectivity index (χ4v) is 4.45. The van der Waals surface area contributed by atoms with Crippen molar-refractivity contribution >= 4 is 17.7 Å². The van der Waals surface area contributed by atoms with Gasteiger partial charge in [0.05, 0.1) is 0 Å². The van der Waals surface area contributed by atoms with E-state index in [1.165, 1.54) is 5.56 Å². The van der Waals surface area contributed by atoms with Gasteiger partial charge in [-0.05, 0) is 37.5 Å². The molecule has 0 spiro atoms. The van der Waals surface area contributed by atoms with Gasteiger partial charge in [0.1, 0.15) is 0 Å². The Morgan fingerprint density at radius 1 is 0.879 bits per heavy atom. The second kappa shape index (κ2) is 11.5. The number of aromatic nitrogens is 3. The van der Waals surface area contributed by atoms with E-state index in [2.05, 4.69) is 63.4 Å². The van der Waals surface area contributed by atoms with Gasteiger partial charge in [-0.1, -0.05) is 90.1 Å². The summed E-state index contributed by atoms with van der Waals surface area (Å²) in [6.45, 7) is 2.66. The number of nitrogens with zero attached hydrogens (tertiary/aromatic N) is 3. The van der Waals surface area contributed by atoms with Crippen LogP contribution in [0, 0.1) is 6.92 Å². The summed E-state index contributed by atoms with van der Waals surface area (Å²) >= 11 is 1.68. The number of rotatable bonds is 10. The van der Waals surface area contributed by atoms with Crippen molar-refractivity contribution in [2.24, 2.45) is 0 Å². The van der Waals surface area contributed by atoms with Gasteiger partial charge in [-0.2, -0.15) is 0 Å². The Labute approximate surface area is 199 Å². The Bertz CT molecular complexity index is 1160. The van der Waals surface area contributed by atoms with Gasteiger partial charge in [-0.15, -0.1) is 10.2 Å². The van der Waals surface area contributed by atoms with E-state index in [0.29, 0.717) is 13.0 Å². The molecule has 3 aromatic carbocycles. The molecule has 1 N–H and O–H groups in total. The van der Waals surface area contributed by atoms with Crippen LogP contribution in [0.25, 0.3) is 17.1 Å². The van der Waals surface area contributed by atoms with Crippen LogP contribution in [0.15, 0.2) is 90.1 Å². The van der Waals surface area contributed by atoms with Crippen LogP contribution < -0.4 is 5.32 Å². The first-order valence-electron chi connectivity index (χ1n) is 11.2. The van der Waals surface area contributed by atoms with Crippen LogP contribution in [0.5, 0.6) is 0 Å². The van der Waals surface area contributed by atoms with Crippen LogP contribution in [0.1, 0.15) is 30.4 Å². The second-order valence-corrected chi connectivity index (χ2v) is 8.97. The SMILES string of the molecule is Cc1ccc(-n2c(SCCCCC(=O)NCc3ccccc3)nnc2-c2ccccc2)cc1. The van der Waals surface area contributed by atoms with Crippen LogP contribution in [0.4, 0.5) is 0 Å². The molecule has 4 rings (SSSR count). The molecule has 0 radical (unpaired) electrons. The van der Waals surface area contributed by atoms with Gasteiger partial charge in [-0.3, -0.25) is 9.36 Å². The summed E-state index contributed by atoms with van der Waals surface area (Å²) in [5, 5.41) is 12.8. The quantitative estimate of drug-likeness (QED) is 0.241. The molecule has 6 heteroatoms. The average Bonchev–Trinajstić information content (AvgIpc) is 3.28. The predicted octanol–water partition coefficient (Wildman–Crippen LogP) is 5.82. The van der Waals surface area contributed by atoms with E-state index in [0.717, 1.165) is 46.4 Å². The molecule has 0 aliphatic rings. The van der Waals surface area contributed by atoms with Crippen LogP contribution >= 0.6 is 11.8 Å². The summed E-state index contributed by atoms with van der Waals surface area (Å²) in [6, 6.07) is 28.5. The fraction of sp³-hybridized carbons (Fsp3) is 0.222. The lowest BCUT2D eigenvalue weighted by molar-refractivity contribution is -0.121. The van der Waals surface area contributed by atoms with Gasteiger partial charge in [0.15, 0.2) is 11.0 Å². The van der Waals surface area contributed by atoms with Crippen molar-refractivity contribution in [3.05, 3.63) is 96.1 Å². The lowest BCUT2D eigenvalue weighted by Gasteiger charge is -2.11. The van der Waals surface area contributed by atoms with Crippen molar-refractivity contribution < 1.29 is 4.79 Å². The normalized spacial score (nSPS) is 10.8. The molecule has 0 aliphatic heterocycles. The highest BCUT2D eigenvalue weighted by Gasteiger charge is 2.16. The Kier molecular flexibility index (Phi) is 7.93. The van der Waals surface area contributed by atoms with E-state index in [9.17, 15) is 4.79 Å². The number of amides is 1. The van der Waals surface area contributed by atoms with E-state index in [1.807, 2.05) is 48.5 Å². The highest BCUT2D eigenvalue weighted by atomic mass is 32.2. The van der Waals surface area contributed by atoms with Gasteiger partial charge in [0.25, 0.3) is 0 Å². The monoisotopic (exact) mass is 456 g/mol. The molecule has 1 heterocycles. The van der Waals surface area contributed by atoms with E-state index in [1.54, 1.807) is 11.8 Å². The number of thioether (sulfide) groups is 1. The molecule has 0 aliphatic carbocycles. The molecular weight excluding hydrogens is 428 g/mol. The fourth-order valence-electron chi connectivity index (χ4n) is 3.50. The summed E-state index contributed by atoms with van der Waals surface area (Å²) in [5.74, 6) is 1.81. The number of carbonyl (C=O) groups is 1. The number of carbonyl (C=O) groups excluding carboxylic acids is 1. The maximum atomic E-state index is 12.1. The number of nitrogens with one attached hydrogen (secondary N) is 1. The molecule has 0 atom stereocenters. The Balaban J connectivity index is 1.34. The van der Waals surface area contributed by atoms with Crippen molar-refractivity contribution in [1.29, 1.82) is 0 Å². The standard InChI is InChI=1S/C27H28N4OS/c1-21-15-17-24(18-16-21)31-26(23-12-6-3-7-13-23)29-30-27(31)33-19-9-8-14-25(32)28-20-22-10-4-2-5-11-22/h2-7,10-13,15-18H,8-9,14,19-20H2,1H3,(H,28,32). The Hall–Kier alpha value is -3.38. The summed E-state index contributed by atoms with van der Waals surface area (Å²) < 4.78 is 2.12.